The van der Waals surface area contributed by atoms with E-state index >= 15 is 0 Å². The zero-order chi connectivity index (χ0) is 14.5. The molecule has 0 spiro atoms. The second-order valence-corrected chi connectivity index (χ2v) is 4.59. The first kappa shape index (κ1) is 17.3. The molecule has 0 aliphatic carbocycles. The molecule has 4 nitrogen and oxygen atoms in total. The van der Waals surface area contributed by atoms with Gasteiger partial charge in [0.1, 0.15) is 17.1 Å². The summed E-state index contributed by atoms with van der Waals surface area (Å²) in [6.07, 6.45) is 0. The van der Waals surface area contributed by atoms with E-state index in [2.05, 4.69) is 18.7 Å². The quantitative estimate of drug-likeness (QED) is 0.879. The van der Waals surface area contributed by atoms with Gasteiger partial charge in [0.25, 0.3) is 0 Å². The van der Waals surface area contributed by atoms with E-state index in [0.717, 1.165) is 18.7 Å². The van der Waals surface area contributed by atoms with Gasteiger partial charge in [0, 0.05) is 5.56 Å². The summed E-state index contributed by atoms with van der Waals surface area (Å²) < 4.78 is 5.77. The fraction of sp³-hybridized carbons (Fsp3) is 0.312. The van der Waals surface area contributed by atoms with Crippen molar-refractivity contribution < 1.29 is 14.3 Å². The summed E-state index contributed by atoms with van der Waals surface area (Å²) in [5.41, 5.74) is 1.01. The summed E-state index contributed by atoms with van der Waals surface area (Å²) in [5, 5.41) is 9.32. The van der Waals surface area contributed by atoms with Gasteiger partial charge in [0.2, 0.25) is 0 Å². The fourth-order valence-electron chi connectivity index (χ4n) is 2.15. The average molecular weight is 310 g/mol. The van der Waals surface area contributed by atoms with Crippen molar-refractivity contribution in [2.75, 3.05) is 13.1 Å². The second-order valence-electron chi connectivity index (χ2n) is 4.59. The molecule has 0 amide bonds. The van der Waals surface area contributed by atoms with Crippen molar-refractivity contribution in [1.29, 1.82) is 0 Å². The van der Waals surface area contributed by atoms with Crippen LogP contribution in [0.15, 0.2) is 40.8 Å². The molecule has 5 heteroatoms. The summed E-state index contributed by atoms with van der Waals surface area (Å²) in [5.74, 6) is 0.156. The smallest absolute Gasteiger partial charge is 0.339 e. The van der Waals surface area contributed by atoms with Crippen molar-refractivity contribution in [2.24, 2.45) is 0 Å². The van der Waals surface area contributed by atoms with Gasteiger partial charge in [-0.2, -0.15) is 0 Å². The molecular weight excluding hydrogens is 290 g/mol. The Bertz CT molecular complexity index is 576. The third kappa shape index (κ3) is 4.09. The first-order valence-electron chi connectivity index (χ1n) is 6.79. The summed E-state index contributed by atoms with van der Waals surface area (Å²) in [7, 11) is 0. The number of furan rings is 1. The van der Waals surface area contributed by atoms with Crippen LogP contribution in [0.5, 0.6) is 0 Å². The molecule has 1 aromatic carbocycles. The molecule has 0 fully saturated rings. The molecule has 1 N–H and O–H groups in total. The van der Waals surface area contributed by atoms with Gasteiger partial charge in [-0.3, -0.25) is 4.90 Å². The number of carbonyl (C=O) groups is 1. The molecule has 1 aromatic heterocycles. The molecule has 114 valence electrons. The number of nitrogens with zero attached hydrogens (tertiary/aromatic N) is 1. The summed E-state index contributed by atoms with van der Waals surface area (Å²) in [6.45, 7) is 6.58. The minimum absolute atomic E-state index is 0. The molecule has 0 atom stereocenters. The molecule has 1 heterocycles. The van der Waals surface area contributed by atoms with Crippen molar-refractivity contribution in [3.63, 3.8) is 0 Å². The van der Waals surface area contributed by atoms with Gasteiger partial charge in [0.05, 0.1) is 6.54 Å². The molecule has 0 saturated carbocycles. The van der Waals surface area contributed by atoms with Crippen LogP contribution >= 0.6 is 12.4 Å². The maximum Gasteiger partial charge on any atom is 0.339 e. The lowest BCUT2D eigenvalue weighted by Crippen LogP contribution is -2.21. The first-order chi connectivity index (χ1) is 9.65. The lowest BCUT2D eigenvalue weighted by Gasteiger charge is -2.15. The van der Waals surface area contributed by atoms with Crippen LogP contribution in [-0.4, -0.2) is 29.1 Å². The lowest BCUT2D eigenvalue weighted by atomic mass is 10.1. The third-order valence-electron chi connectivity index (χ3n) is 3.32. The van der Waals surface area contributed by atoms with Crippen LogP contribution in [0.2, 0.25) is 0 Å². The topological polar surface area (TPSA) is 53.7 Å². The van der Waals surface area contributed by atoms with Crippen LogP contribution in [0.4, 0.5) is 0 Å². The molecule has 21 heavy (non-hydrogen) atoms. The number of aromatic carboxylic acids is 1. The minimum Gasteiger partial charge on any atom is -0.478 e. The maximum atomic E-state index is 11.4. The van der Waals surface area contributed by atoms with E-state index in [0.29, 0.717) is 18.1 Å². The van der Waals surface area contributed by atoms with E-state index < -0.39 is 5.97 Å². The summed E-state index contributed by atoms with van der Waals surface area (Å²) >= 11 is 0. The average Bonchev–Trinajstić information content (AvgIpc) is 2.90. The highest BCUT2D eigenvalue weighted by molar-refractivity contribution is 5.94. The Hall–Kier alpha value is -1.78. The maximum absolute atomic E-state index is 11.4. The molecule has 0 radical (unpaired) electrons. The number of hydrogen-bond acceptors (Lipinski definition) is 3. The zero-order valence-electron chi connectivity index (χ0n) is 12.2. The normalized spacial score (nSPS) is 10.4. The first-order valence-corrected chi connectivity index (χ1v) is 6.79. The minimum atomic E-state index is -0.960. The Morgan fingerprint density at radius 2 is 1.81 bits per heavy atom. The monoisotopic (exact) mass is 309 g/mol. The highest BCUT2D eigenvalue weighted by atomic mass is 35.5. The van der Waals surface area contributed by atoms with E-state index in [-0.39, 0.29) is 18.0 Å². The Balaban J connectivity index is 0.00000220. The molecule has 0 unspecified atom stereocenters. The number of carboxylic acid groups (broad SMARTS) is 1. The Morgan fingerprint density at radius 1 is 1.19 bits per heavy atom. The molecule has 0 saturated heterocycles. The predicted molar refractivity (Wildman–Crippen MR) is 85.0 cm³/mol. The molecule has 0 bridgehead atoms. The van der Waals surface area contributed by atoms with Gasteiger partial charge in [-0.15, -0.1) is 12.4 Å². The highest BCUT2D eigenvalue weighted by Gasteiger charge is 2.19. The van der Waals surface area contributed by atoms with Gasteiger partial charge in [0.15, 0.2) is 0 Å². The van der Waals surface area contributed by atoms with E-state index in [9.17, 15) is 9.90 Å². The van der Waals surface area contributed by atoms with Crippen LogP contribution in [0, 0.1) is 0 Å². The number of benzene rings is 1. The zero-order valence-corrected chi connectivity index (χ0v) is 13.0. The van der Waals surface area contributed by atoms with Gasteiger partial charge in [-0.05, 0) is 19.2 Å². The van der Waals surface area contributed by atoms with Crippen LogP contribution in [-0.2, 0) is 6.54 Å². The van der Waals surface area contributed by atoms with E-state index in [4.69, 9.17) is 4.42 Å². The van der Waals surface area contributed by atoms with Gasteiger partial charge in [-0.25, -0.2) is 4.79 Å². The van der Waals surface area contributed by atoms with Gasteiger partial charge in [-0.1, -0.05) is 44.2 Å². The Labute approximate surface area is 130 Å². The SMILES string of the molecule is CCN(CC)Cc1cc(C(=O)O)c(-c2ccccc2)o1.Cl. The second kappa shape index (κ2) is 7.86. The van der Waals surface area contributed by atoms with Crippen molar-refractivity contribution in [1.82, 2.24) is 4.90 Å². The van der Waals surface area contributed by atoms with Crippen LogP contribution < -0.4 is 0 Å². The summed E-state index contributed by atoms with van der Waals surface area (Å²) in [4.78, 5) is 13.5. The van der Waals surface area contributed by atoms with Crippen molar-refractivity contribution in [3.8, 4) is 11.3 Å². The number of carboxylic acids is 1. The molecule has 2 aromatic rings. The summed E-state index contributed by atoms with van der Waals surface area (Å²) in [6, 6.07) is 11.0. The third-order valence-corrected chi connectivity index (χ3v) is 3.32. The van der Waals surface area contributed by atoms with Crippen molar-refractivity contribution >= 4 is 18.4 Å². The Morgan fingerprint density at radius 3 is 2.33 bits per heavy atom. The van der Waals surface area contributed by atoms with E-state index in [1.165, 1.54) is 0 Å². The number of hydrogen-bond donors (Lipinski definition) is 1. The predicted octanol–water partition coefficient (Wildman–Crippen LogP) is 3.91. The largest absolute Gasteiger partial charge is 0.478 e. The van der Waals surface area contributed by atoms with E-state index in [1.54, 1.807) is 6.07 Å². The van der Waals surface area contributed by atoms with E-state index in [1.807, 2.05) is 30.3 Å². The van der Waals surface area contributed by atoms with Crippen LogP contribution in [0.3, 0.4) is 0 Å². The number of rotatable bonds is 6. The molecule has 0 aliphatic heterocycles. The molecule has 2 rings (SSSR count). The number of halogens is 1. The molecular formula is C16H20ClNO3. The molecule has 0 aliphatic rings. The lowest BCUT2D eigenvalue weighted by molar-refractivity contribution is 0.0697. The fourth-order valence-corrected chi connectivity index (χ4v) is 2.15. The van der Waals surface area contributed by atoms with Crippen LogP contribution in [0.1, 0.15) is 30.0 Å². The van der Waals surface area contributed by atoms with Crippen molar-refractivity contribution in [3.05, 3.63) is 47.7 Å². The van der Waals surface area contributed by atoms with Crippen LogP contribution in [0.25, 0.3) is 11.3 Å². The van der Waals surface area contributed by atoms with Gasteiger partial charge < -0.3 is 9.52 Å². The van der Waals surface area contributed by atoms with Gasteiger partial charge >= 0.3 is 5.97 Å². The standard InChI is InChI=1S/C16H19NO3.ClH/c1-3-17(4-2)11-13-10-14(16(18)19)15(20-13)12-8-6-5-7-9-12;/h5-10H,3-4,11H2,1-2H3,(H,18,19);1H. The van der Waals surface area contributed by atoms with Crippen molar-refractivity contribution in [2.45, 2.75) is 20.4 Å². The Kier molecular flexibility index (Phi) is 6.46. The highest BCUT2D eigenvalue weighted by Crippen LogP contribution is 2.28.